The highest BCUT2D eigenvalue weighted by Crippen LogP contribution is 2.11. The topological polar surface area (TPSA) is 50.4 Å². The van der Waals surface area contributed by atoms with Crippen molar-refractivity contribution in [1.29, 1.82) is 0 Å². The molecule has 1 aromatic carbocycles. The van der Waals surface area contributed by atoms with E-state index in [4.69, 9.17) is 4.74 Å². The monoisotopic (exact) mass is 270 g/mol. The molecule has 1 aliphatic heterocycles. The van der Waals surface area contributed by atoms with E-state index in [0.717, 1.165) is 12.1 Å². The highest BCUT2D eigenvalue weighted by Gasteiger charge is 2.28. The molecule has 1 heterocycles. The normalized spacial score (nSPS) is 22.5. The molecule has 0 bridgehead atoms. The maximum Gasteiger partial charge on any atom is 0.237 e. The van der Waals surface area contributed by atoms with E-state index in [0.29, 0.717) is 18.5 Å². The number of hydrogen-bond donors (Lipinski definition) is 2. The number of benzene rings is 1. The fourth-order valence-corrected chi connectivity index (χ4v) is 2.04. The van der Waals surface area contributed by atoms with Crippen molar-refractivity contribution in [2.75, 3.05) is 13.7 Å². The summed E-state index contributed by atoms with van der Waals surface area (Å²) in [7, 11) is 1.61. The van der Waals surface area contributed by atoms with Crippen LogP contribution in [0.5, 0.6) is 0 Å². The Bertz CT molecular complexity index is 468. The van der Waals surface area contributed by atoms with E-state index in [1.54, 1.807) is 7.11 Å². The lowest BCUT2D eigenvalue weighted by Gasteiger charge is -2.11. The Morgan fingerprint density at radius 3 is 2.89 bits per heavy atom. The third-order valence-corrected chi connectivity index (χ3v) is 3.19. The molecule has 0 aliphatic carbocycles. The molecule has 19 heavy (non-hydrogen) atoms. The SMILES string of the molecule is COC1CNC(C(=O)NCc2ccc(F)c(F)c2)C1. The Kier molecular flexibility index (Phi) is 4.44. The van der Waals surface area contributed by atoms with Crippen molar-refractivity contribution in [1.82, 2.24) is 10.6 Å². The van der Waals surface area contributed by atoms with Crippen molar-refractivity contribution in [3.63, 3.8) is 0 Å². The van der Waals surface area contributed by atoms with Crippen molar-refractivity contribution in [3.8, 4) is 0 Å². The zero-order chi connectivity index (χ0) is 13.8. The standard InChI is InChI=1S/C13H16F2N2O2/c1-19-9-5-12(16-7-9)13(18)17-6-8-2-3-10(14)11(15)4-8/h2-4,9,12,16H,5-7H2,1H3,(H,17,18). The molecule has 6 heteroatoms. The minimum absolute atomic E-state index is 0.0408. The number of carbonyl (C=O) groups is 1. The molecule has 1 saturated heterocycles. The largest absolute Gasteiger partial charge is 0.380 e. The molecule has 4 nitrogen and oxygen atoms in total. The van der Waals surface area contributed by atoms with E-state index in [-0.39, 0.29) is 24.6 Å². The van der Waals surface area contributed by atoms with E-state index in [1.807, 2.05) is 0 Å². The Morgan fingerprint density at radius 2 is 2.26 bits per heavy atom. The fourth-order valence-electron chi connectivity index (χ4n) is 2.04. The van der Waals surface area contributed by atoms with Gasteiger partial charge < -0.3 is 15.4 Å². The summed E-state index contributed by atoms with van der Waals surface area (Å²) in [6.07, 6.45) is 0.652. The van der Waals surface area contributed by atoms with Gasteiger partial charge in [0, 0.05) is 20.2 Å². The summed E-state index contributed by atoms with van der Waals surface area (Å²) in [6, 6.07) is 3.27. The number of rotatable bonds is 4. The highest BCUT2D eigenvalue weighted by molar-refractivity contribution is 5.82. The molecule has 0 spiro atoms. The predicted molar refractivity (Wildman–Crippen MR) is 65.4 cm³/mol. The van der Waals surface area contributed by atoms with Crippen LogP contribution in [0.2, 0.25) is 0 Å². The van der Waals surface area contributed by atoms with Gasteiger partial charge in [-0.2, -0.15) is 0 Å². The number of nitrogens with one attached hydrogen (secondary N) is 2. The third-order valence-electron chi connectivity index (χ3n) is 3.19. The lowest BCUT2D eigenvalue weighted by Crippen LogP contribution is -2.40. The minimum atomic E-state index is -0.912. The van der Waals surface area contributed by atoms with Crippen LogP contribution in [0.15, 0.2) is 18.2 Å². The first kappa shape index (κ1) is 13.9. The van der Waals surface area contributed by atoms with Gasteiger partial charge in [0.25, 0.3) is 0 Å². The first-order valence-electron chi connectivity index (χ1n) is 6.08. The van der Waals surface area contributed by atoms with Gasteiger partial charge in [-0.25, -0.2) is 8.78 Å². The highest BCUT2D eigenvalue weighted by atomic mass is 19.2. The summed E-state index contributed by atoms with van der Waals surface area (Å²) >= 11 is 0. The van der Waals surface area contributed by atoms with Crippen LogP contribution in [0.25, 0.3) is 0 Å². The lowest BCUT2D eigenvalue weighted by atomic mass is 10.1. The number of carbonyl (C=O) groups excluding carboxylic acids is 1. The van der Waals surface area contributed by atoms with Crippen molar-refractivity contribution in [3.05, 3.63) is 35.4 Å². The zero-order valence-corrected chi connectivity index (χ0v) is 10.6. The molecular formula is C13H16F2N2O2. The van der Waals surface area contributed by atoms with Crippen molar-refractivity contribution < 1.29 is 18.3 Å². The summed E-state index contributed by atoms with van der Waals surface area (Å²) in [6.45, 7) is 0.811. The van der Waals surface area contributed by atoms with Crippen molar-refractivity contribution in [2.24, 2.45) is 0 Å². The van der Waals surface area contributed by atoms with Gasteiger partial charge in [-0.15, -0.1) is 0 Å². The molecule has 104 valence electrons. The van der Waals surface area contributed by atoms with Crippen LogP contribution in [0.3, 0.4) is 0 Å². The second-order valence-electron chi connectivity index (χ2n) is 4.52. The molecule has 2 unspecified atom stereocenters. The molecule has 0 saturated carbocycles. The van der Waals surface area contributed by atoms with Crippen LogP contribution in [-0.2, 0) is 16.1 Å². The second-order valence-corrected chi connectivity index (χ2v) is 4.52. The van der Waals surface area contributed by atoms with Crippen LogP contribution in [0.1, 0.15) is 12.0 Å². The van der Waals surface area contributed by atoms with Gasteiger partial charge in [0.05, 0.1) is 12.1 Å². The van der Waals surface area contributed by atoms with Crippen LogP contribution >= 0.6 is 0 Å². The molecule has 1 aliphatic rings. The summed E-state index contributed by atoms with van der Waals surface area (Å²) in [5.41, 5.74) is 0.522. The molecule has 1 amide bonds. The van der Waals surface area contributed by atoms with Gasteiger partial charge in [0.2, 0.25) is 5.91 Å². The first-order chi connectivity index (χ1) is 9.10. The Labute approximate surface area is 110 Å². The lowest BCUT2D eigenvalue weighted by molar-refractivity contribution is -0.123. The van der Waals surface area contributed by atoms with E-state index < -0.39 is 11.6 Å². The molecule has 0 radical (unpaired) electrons. The summed E-state index contributed by atoms with van der Waals surface area (Å²) in [4.78, 5) is 11.8. The molecule has 2 rings (SSSR count). The summed E-state index contributed by atoms with van der Waals surface area (Å²) in [5, 5.41) is 5.73. The first-order valence-corrected chi connectivity index (χ1v) is 6.08. The van der Waals surface area contributed by atoms with Crippen LogP contribution in [0.4, 0.5) is 8.78 Å². The van der Waals surface area contributed by atoms with E-state index in [1.165, 1.54) is 6.07 Å². The second kappa shape index (κ2) is 6.08. The molecule has 2 atom stereocenters. The quantitative estimate of drug-likeness (QED) is 0.856. The summed E-state index contributed by atoms with van der Waals surface area (Å²) < 4.78 is 30.9. The van der Waals surface area contributed by atoms with E-state index in [9.17, 15) is 13.6 Å². The van der Waals surface area contributed by atoms with E-state index >= 15 is 0 Å². The Hall–Kier alpha value is -1.53. The predicted octanol–water partition coefficient (Wildman–Crippen LogP) is 0.958. The van der Waals surface area contributed by atoms with Crippen molar-refractivity contribution in [2.45, 2.75) is 25.1 Å². The van der Waals surface area contributed by atoms with Crippen LogP contribution < -0.4 is 10.6 Å². The number of methoxy groups -OCH3 is 1. The Balaban J connectivity index is 1.85. The van der Waals surface area contributed by atoms with Gasteiger partial charge in [-0.1, -0.05) is 6.07 Å². The van der Waals surface area contributed by atoms with Gasteiger partial charge >= 0.3 is 0 Å². The Morgan fingerprint density at radius 1 is 1.47 bits per heavy atom. The van der Waals surface area contributed by atoms with E-state index in [2.05, 4.69) is 10.6 Å². The number of ether oxygens (including phenoxy) is 1. The average Bonchev–Trinajstić information content (AvgIpc) is 2.88. The van der Waals surface area contributed by atoms with Gasteiger partial charge in [-0.05, 0) is 24.1 Å². The third kappa shape index (κ3) is 3.48. The molecule has 2 N–H and O–H groups in total. The molecule has 1 fully saturated rings. The number of amides is 1. The van der Waals surface area contributed by atoms with Gasteiger partial charge in [0.15, 0.2) is 11.6 Å². The molecule has 0 aromatic heterocycles. The maximum absolute atomic E-state index is 13.0. The van der Waals surface area contributed by atoms with Crippen LogP contribution in [0, 0.1) is 11.6 Å². The molecular weight excluding hydrogens is 254 g/mol. The smallest absolute Gasteiger partial charge is 0.237 e. The minimum Gasteiger partial charge on any atom is -0.380 e. The van der Waals surface area contributed by atoms with Gasteiger partial charge in [-0.3, -0.25) is 4.79 Å². The van der Waals surface area contributed by atoms with Gasteiger partial charge in [0.1, 0.15) is 0 Å². The number of halogens is 2. The summed E-state index contributed by atoms with van der Waals surface area (Å²) in [5.74, 6) is -1.97. The number of hydrogen-bond acceptors (Lipinski definition) is 3. The maximum atomic E-state index is 13.0. The zero-order valence-electron chi connectivity index (χ0n) is 10.6. The van der Waals surface area contributed by atoms with Crippen LogP contribution in [-0.4, -0.2) is 31.7 Å². The van der Waals surface area contributed by atoms with Crippen molar-refractivity contribution >= 4 is 5.91 Å². The molecule has 1 aromatic rings. The fraction of sp³-hybridized carbons (Fsp3) is 0.462. The average molecular weight is 270 g/mol.